The topological polar surface area (TPSA) is 84.6 Å². The molecule has 0 bridgehead atoms. The third-order valence-corrected chi connectivity index (χ3v) is 7.32. The van der Waals surface area contributed by atoms with Crippen LogP contribution in [-0.4, -0.2) is 44.6 Å². The van der Waals surface area contributed by atoms with Crippen LogP contribution in [-0.2, 0) is 0 Å². The van der Waals surface area contributed by atoms with Crippen LogP contribution in [0.4, 0.5) is 23.7 Å². The summed E-state index contributed by atoms with van der Waals surface area (Å²) in [6.07, 6.45) is -1.43. The van der Waals surface area contributed by atoms with E-state index >= 15 is 0 Å². The van der Waals surface area contributed by atoms with Crippen molar-refractivity contribution >= 4 is 34.7 Å². The van der Waals surface area contributed by atoms with Crippen molar-refractivity contribution in [3.63, 3.8) is 0 Å². The fourth-order valence-electron chi connectivity index (χ4n) is 4.55. The molecule has 2 amide bonds. The Morgan fingerprint density at radius 1 is 1.05 bits per heavy atom. The molecule has 42 heavy (non-hydrogen) atoms. The molecule has 4 aromatic rings. The molecule has 5 rings (SSSR count). The van der Waals surface area contributed by atoms with Crippen molar-refractivity contribution in [1.82, 2.24) is 20.1 Å². The SMILES string of the molecule is C/C(=C\c1ccc(-c2ncn(-c3ccc(OC(F)(F)F)cc3)n2)cc1)NC(=O)/N=C1\SCCN1c1c(C)cccc1C. The van der Waals surface area contributed by atoms with Crippen LogP contribution in [0.1, 0.15) is 23.6 Å². The lowest BCUT2D eigenvalue weighted by molar-refractivity contribution is -0.274. The Hall–Kier alpha value is -4.58. The van der Waals surface area contributed by atoms with E-state index in [2.05, 4.69) is 56.0 Å². The van der Waals surface area contributed by atoms with Gasteiger partial charge in [-0.25, -0.2) is 14.5 Å². The van der Waals surface area contributed by atoms with E-state index in [0.717, 1.165) is 40.2 Å². The van der Waals surface area contributed by atoms with E-state index in [9.17, 15) is 18.0 Å². The van der Waals surface area contributed by atoms with Gasteiger partial charge in [0.1, 0.15) is 12.1 Å². The summed E-state index contributed by atoms with van der Waals surface area (Å²) >= 11 is 1.56. The number of amides is 2. The molecule has 1 saturated heterocycles. The van der Waals surface area contributed by atoms with E-state index < -0.39 is 12.4 Å². The fourth-order valence-corrected chi connectivity index (χ4v) is 5.49. The maximum absolute atomic E-state index is 12.7. The number of ether oxygens (including phenoxy) is 1. The number of thioether (sulfide) groups is 1. The van der Waals surface area contributed by atoms with Gasteiger partial charge in [0.15, 0.2) is 11.0 Å². The minimum absolute atomic E-state index is 0.314. The molecule has 1 fully saturated rings. The van der Waals surface area contributed by atoms with E-state index in [-0.39, 0.29) is 5.75 Å². The molecule has 0 atom stereocenters. The number of urea groups is 1. The first kappa shape index (κ1) is 28.9. The van der Waals surface area contributed by atoms with Gasteiger partial charge in [-0.15, -0.1) is 18.3 Å². The quantitative estimate of drug-likeness (QED) is 0.257. The number of hydrogen-bond acceptors (Lipinski definition) is 5. The predicted octanol–water partition coefficient (Wildman–Crippen LogP) is 7.13. The van der Waals surface area contributed by atoms with Gasteiger partial charge < -0.3 is 15.0 Å². The number of amidine groups is 1. The molecule has 0 radical (unpaired) electrons. The van der Waals surface area contributed by atoms with Crippen molar-refractivity contribution in [2.24, 2.45) is 4.99 Å². The lowest BCUT2D eigenvalue weighted by atomic mass is 10.1. The number of para-hydroxylation sites is 1. The van der Waals surface area contributed by atoms with Gasteiger partial charge in [0.05, 0.1) is 5.69 Å². The van der Waals surface area contributed by atoms with Crippen LogP contribution in [0.2, 0.25) is 0 Å². The molecule has 12 heteroatoms. The van der Waals surface area contributed by atoms with Crippen LogP contribution >= 0.6 is 11.8 Å². The Bertz CT molecular complexity index is 1630. The van der Waals surface area contributed by atoms with Gasteiger partial charge in [-0.2, -0.15) is 4.99 Å². The molecule has 0 unspecified atom stereocenters. The number of carbonyl (C=O) groups excluding carboxylic acids is 1. The lowest BCUT2D eigenvalue weighted by Gasteiger charge is -2.22. The average Bonchev–Trinajstić information content (AvgIpc) is 3.59. The highest BCUT2D eigenvalue weighted by molar-refractivity contribution is 8.14. The molecule has 0 saturated carbocycles. The Kier molecular flexibility index (Phi) is 8.34. The summed E-state index contributed by atoms with van der Waals surface area (Å²) in [6, 6.07) is 18.5. The number of aromatic nitrogens is 3. The number of anilines is 1. The largest absolute Gasteiger partial charge is 0.573 e. The zero-order chi connectivity index (χ0) is 29.9. The number of aryl methyl sites for hydroxylation is 2. The number of aliphatic imine (C=N–C) groups is 1. The summed E-state index contributed by atoms with van der Waals surface area (Å²) in [7, 11) is 0. The Labute approximate surface area is 244 Å². The second kappa shape index (κ2) is 12.1. The highest BCUT2D eigenvalue weighted by Gasteiger charge is 2.31. The normalized spacial score (nSPS) is 14.9. The van der Waals surface area contributed by atoms with E-state index in [1.807, 2.05) is 36.4 Å². The Morgan fingerprint density at radius 2 is 1.74 bits per heavy atom. The number of alkyl halides is 3. The maximum Gasteiger partial charge on any atom is 0.573 e. The minimum Gasteiger partial charge on any atom is -0.406 e. The summed E-state index contributed by atoms with van der Waals surface area (Å²) in [4.78, 5) is 23.5. The molecule has 1 N–H and O–H groups in total. The van der Waals surface area contributed by atoms with Gasteiger partial charge in [0.2, 0.25) is 0 Å². The number of halogens is 3. The summed E-state index contributed by atoms with van der Waals surface area (Å²) < 4.78 is 42.5. The molecule has 1 aliphatic rings. The third-order valence-electron chi connectivity index (χ3n) is 6.37. The van der Waals surface area contributed by atoms with Gasteiger partial charge in [0, 0.05) is 29.2 Å². The van der Waals surface area contributed by atoms with Crippen molar-refractivity contribution in [1.29, 1.82) is 0 Å². The zero-order valence-corrected chi connectivity index (χ0v) is 23.8. The molecule has 3 aromatic carbocycles. The first-order valence-electron chi connectivity index (χ1n) is 13.0. The van der Waals surface area contributed by atoms with Gasteiger partial charge in [-0.05, 0) is 67.8 Å². The van der Waals surface area contributed by atoms with Crippen molar-refractivity contribution in [3.05, 3.63) is 95.4 Å². The number of benzene rings is 3. The molecule has 216 valence electrons. The Balaban J connectivity index is 1.22. The van der Waals surface area contributed by atoms with E-state index in [1.165, 1.54) is 35.3 Å². The predicted molar refractivity (Wildman–Crippen MR) is 159 cm³/mol. The number of hydrogen-bond donors (Lipinski definition) is 1. The van der Waals surface area contributed by atoms with Crippen LogP contribution in [0.5, 0.6) is 5.75 Å². The van der Waals surface area contributed by atoms with Crippen molar-refractivity contribution in [2.75, 3.05) is 17.2 Å². The van der Waals surface area contributed by atoms with Crippen LogP contribution < -0.4 is 15.0 Å². The summed E-state index contributed by atoms with van der Waals surface area (Å²) in [5, 5.41) is 7.94. The zero-order valence-electron chi connectivity index (χ0n) is 23.0. The molecule has 1 aromatic heterocycles. The lowest BCUT2D eigenvalue weighted by Crippen LogP contribution is -2.28. The number of carbonyl (C=O) groups is 1. The smallest absolute Gasteiger partial charge is 0.406 e. The first-order valence-corrected chi connectivity index (χ1v) is 14.0. The monoisotopic (exact) mass is 592 g/mol. The fraction of sp³-hybridized carbons (Fsp3) is 0.200. The molecule has 0 aliphatic carbocycles. The van der Waals surface area contributed by atoms with Gasteiger partial charge in [0.25, 0.3) is 0 Å². The number of nitrogens with zero attached hydrogens (tertiary/aromatic N) is 5. The number of nitrogens with one attached hydrogen (secondary N) is 1. The third kappa shape index (κ3) is 7.00. The average molecular weight is 593 g/mol. The Morgan fingerprint density at radius 3 is 2.40 bits per heavy atom. The van der Waals surface area contributed by atoms with Gasteiger partial charge in [-0.3, -0.25) is 0 Å². The summed E-state index contributed by atoms with van der Waals surface area (Å²) in [5.41, 5.74) is 6.15. The maximum atomic E-state index is 12.7. The summed E-state index contributed by atoms with van der Waals surface area (Å²) in [6.45, 7) is 6.70. The second-order valence-corrected chi connectivity index (χ2v) is 10.6. The second-order valence-electron chi connectivity index (χ2n) is 9.57. The standard InChI is InChI=1S/C30H27F3N6O2S/c1-19-5-4-6-20(2)26(19)38-15-16-42-29(38)36-28(40)35-21(3)17-22-7-9-23(10-8-22)27-34-18-39(37-27)24-11-13-25(14-12-24)41-30(31,32)33/h4-14,17-18H,15-16H2,1-3H3,(H,35,40)/b21-17+,36-29-. The molecule has 1 aliphatic heterocycles. The molecule has 0 spiro atoms. The van der Waals surface area contributed by atoms with Crippen LogP contribution in [0.3, 0.4) is 0 Å². The van der Waals surface area contributed by atoms with Crippen molar-refractivity contribution in [2.45, 2.75) is 27.1 Å². The van der Waals surface area contributed by atoms with Crippen molar-refractivity contribution < 1.29 is 22.7 Å². The van der Waals surface area contributed by atoms with Crippen molar-refractivity contribution in [3.8, 4) is 22.8 Å². The number of allylic oxidation sites excluding steroid dienone is 1. The van der Waals surface area contributed by atoms with E-state index in [1.54, 1.807) is 18.7 Å². The molecule has 8 nitrogen and oxygen atoms in total. The van der Waals surface area contributed by atoms with Gasteiger partial charge in [-0.1, -0.05) is 54.2 Å². The van der Waals surface area contributed by atoms with Crippen LogP contribution in [0.15, 0.2) is 83.7 Å². The highest BCUT2D eigenvalue weighted by atomic mass is 32.2. The van der Waals surface area contributed by atoms with Crippen LogP contribution in [0.25, 0.3) is 23.2 Å². The molecule has 2 heterocycles. The summed E-state index contributed by atoms with van der Waals surface area (Å²) in [5.74, 6) is 0.993. The first-order chi connectivity index (χ1) is 20.1. The van der Waals surface area contributed by atoms with Crippen LogP contribution in [0, 0.1) is 13.8 Å². The van der Waals surface area contributed by atoms with E-state index in [4.69, 9.17) is 0 Å². The van der Waals surface area contributed by atoms with Gasteiger partial charge >= 0.3 is 12.4 Å². The molecular weight excluding hydrogens is 565 g/mol. The minimum atomic E-state index is -4.75. The molecular formula is C30H27F3N6O2S. The number of rotatable bonds is 6. The highest BCUT2D eigenvalue weighted by Crippen LogP contribution is 2.31. The van der Waals surface area contributed by atoms with E-state index in [0.29, 0.717) is 22.4 Å².